The summed E-state index contributed by atoms with van der Waals surface area (Å²) >= 11 is 0. The molecule has 0 aromatic heterocycles. The van der Waals surface area contributed by atoms with E-state index in [2.05, 4.69) is 6.92 Å². The number of carbonyl (C=O) groups excluding carboxylic acids is 1. The van der Waals surface area contributed by atoms with Crippen LogP contribution in [0.25, 0.3) is 0 Å². The first-order valence-electron chi connectivity index (χ1n) is 7.25. The van der Waals surface area contributed by atoms with Crippen LogP contribution in [0.2, 0.25) is 0 Å². The number of aliphatic carboxylic acids is 1. The molecule has 1 aliphatic heterocycles. The number of carboxylic acids is 1. The fourth-order valence-corrected chi connectivity index (χ4v) is 3.29. The maximum Gasteiger partial charge on any atom is 0.305 e. The first kappa shape index (κ1) is 14.3. The minimum absolute atomic E-state index is 0.00917. The van der Waals surface area contributed by atoms with Gasteiger partial charge < -0.3 is 10.0 Å². The van der Waals surface area contributed by atoms with Crippen LogP contribution >= 0.6 is 0 Å². The molecule has 108 valence electrons. The Morgan fingerprint density at radius 3 is 2.53 bits per heavy atom. The summed E-state index contributed by atoms with van der Waals surface area (Å²) < 4.78 is 0. The molecular formula is C14H24N2O3. The van der Waals surface area contributed by atoms with Gasteiger partial charge in [-0.05, 0) is 26.8 Å². The van der Waals surface area contributed by atoms with Gasteiger partial charge in [0.2, 0.25) is 5.91 Å². The average Bonchev–Trinajstić information content (AvgIpc) is 2.39. The summed E-state index contributed by atoms with van der Waals surface area (Å²) in [6.45, 7) is 2.80. The Morgan fingerprint density at radius 1 is 1.32 bits per heavy atom. The van der Waals surface area contributed by atoms with Gasteiger partial charge in [-0.25, -0.2) is 0 Å². The van der Waals surface area contributed by atoms with Crippen LogP contribution in [0.15, 0.2) is 0 Å². The third kappa shape index (κ3) is 3.08. The molecule has 19 heavy (non-hydrogen) atoms. The van der Waals surface area contributed by atoms with Gasteiger partial charge in [-0.2, -0.15) is 0 Å². The quantitative estimate of drug-likeness (QED) is 0.838. The number of rotatable bonds is 3. The Labute approximate surface area is 114 Å². The van der Waals surface area contributed by atoms with Gasteiger partial charge in [-0.3, -0.25) is 14.5 Å². The second-order valence-electron chi connectivity index (χ2n) is 5.91. The molecule has 2 aliphatic rings. The number of nitrogens with zero attached hydrogens (tertiary/aromatic N) is 2. The van der Waals surface area contributed by atoms with Crippen molar-refractivity contribution >= 4 is 11.9 Å². The highest BCUT2D eigenvalue weighted by molar-refractivity contribution is 5.87. The van der Waals surface area contributed by atoms with E-state index in [0.717, 1.165) is 19.4 Å². The fraction of sp³-hybridized carbons (Fsp3) is 0.857. The number of hydrogen-bond donors (Lipinski definition) is 1. The molecule has 5 heteroatoms. The molecule has 1 amide bonds. The molecule has 1 heterocycles. The predicted molar refractivity (Wildman–Crippen MR) is 71.9 cm³/mol. The Hall–Kier alpha value is -1.10. The number of likely N-dealkylation sites (N-methyl/N-ethyl adjacent to an activating group) is 1. The highest BCUT2D eigenvalue weighted by atomic mass is 16.4. The lowest BCUT2D eigenvalue weighted by atomic mass is 9.91. The lowest BCUT2D eigenvalue weighted by Gasteiger charge is -2.46. The molecule has 1 saturated carbocycles. The summed E-state index contributed by atoms with van der Waals surface area (Å²) in [6.07, 6.45) is 5.67. The van der Waals surface area contributed by atoms with Crippen LogP contribution in [0.1, 0.15) is 45.4 Å². The molecule has 0 spiro atoms. The number of carboxylic acid groups (broad SMARTS) is 1. The topological polar surface area (TPSA) is 60.9 Å². The van der Waals surface area contributed by atoms with Crippen LogP contribution in [0.5, 0.6) is 0 Å². The average molecular weight is 268 g/mol. The second-order valence-corrected chi connectivity index (χ2v) is 5.91. The number of carbonyl (C=O) groups is 2. The second kappa shape index (κ2) is 5.90. The number of hydrogen-bond acceptors (Lipinski definition) is 3. The summed E-state index contributed by atoms with van der Waals surface area (Å²) in [6, 6.07) is 0.0563. The summed E-state index contributed by atoms with van der Waals surface area (Å²) in [4.78, 5) is 27.4. The van der Waals surface area contributed by atoms with E-state index in [-0.39, 0.29) is 18.4 Å². The standard InChI is InChI=1S/C14H24N2O3/c1-10-9-16(11-6-4-3-5-7-11)14(19)12(15(10)2)8-13(17)18/h10-12H,3-9H2,1-2H3,(H,17,18). The highest BCUT2D eigenvalue weighted by Gasteiger charge is 2.40. The third-order valence-corrected chi connectivity index (χ3v) is 4.60. The van der Waals surface area contributed by atoms with Crippen molar-refractivity contribution < 1.29 is 14.7 Å². The van der Waals surface area contributed by atoms with Crippen LogP contribution in [0.4, 0.5) is 0 Å². The van der Waals surface area contributed by atoms with Crippen molar-refractivity contribution in [3.8, 4) is 0 Å². The van der Waals surface area contributed by atoms with E-state index >= 15 is 0 Å². The molecule has 1 aliphatic carbocycles. The molecule has 1 N–H and O–H groups in total. The fourth-order valence-electron chi connectivity index (χ4n) is 3.29. The van der Waals surface area contributed by atoms with Crippen LogP contribution < -0.4 is 0 Å². The van der Waals surface area contributed by atoms with Gasteiger partial charge >= 0.3 is 5.97 Å². The molecule has 2 atom stereocenters. The highest BCUT2D eigenvalue weighted by Crippen LogP contribution is 2.27. The van der Waals surface area contributed by atoms with E-state index in [4.69, 9.17) is 5.11 Å². The minimum Gasteiger partial charge on any atom is -0.481 e. The van der Waals surface area contributed by atoms with Gasteiger partial charge in [0.1, 0.15) is 0 Å². The van der Waals surface area contributed by atoms with Gasteiger partial charge in [0, 0.05) is 18.6 Å². The van der Waals surface area contributed by atoms with E-state index in [9.17, 15) is 9.59 Å². The third-order valence-electron chi connectivity index (χ3n) is 4.60. The maximum absolute atomic E-state index is 12.5. The maximum atomic E-state index is 12.5. The first-order valence-corrected chi connectivity index (χ1v) is 7.25. The molecule has 2 unspecified atom stereocenters. The Kier molecular flexibility index (Phi) is 4.45. The normalized spacial score (nSPS) is 30.6. The van der Waals surface area contributed by atoms with Gasteiger partial charge in [-0.1, -0.05) is 19.3 Å². The zero-order valence-corrected chi connectivity index (χ0v) is 11.8. The molecule has 0 bridgehead atoms. The van der Waals surface area contributed by atoms with Crippen LogP contribution in [-0.4, -0.2) is 58.5 Å². The van der Waals surface area contributed by atoms with Gasteiger partial charge in [0.05, 0.1) is 12.5 Å². The zero-order valence-electron chi connectivity index (χ0n) is 11.8. The SMILES string of the molecule is CC1CN(C2CCCCC2)C(=O)C(CC(=O)O)N1C. The summed E-state index contributed by atoms with van der Waals surface area (Å²) in [5, 5.41) is 8.99. The van der Waals surface area contributed by atoms with E-state index in [1.807, 2.05) is 16.8 Å². The predicted octanol–water partition coefficient (Wildman–Crippen LogP) is 1.32. The molecular weight excluding hydrogens is 244 g/mol. The largest absolute Gasteiger partial charge is 0.481 e. The molecule has 5 nitrogen and oxygen atoms in total. The molecule has 0 aromatic carbocycles. The summed E-state index contributed by atoms with van der Waals surface area (Å²) in [7, 11) is 1.86. The monoisotopic (exact) mass is 268 g/mol. The summed E-state index contributed by atoms with van der Waals surface area (Å²) in [5.41, 5.74) is 0. The van der Waals surface area contributed by atoms with Crippen molar-refractivity contribution in [3.63, 3.8) is 0 Å². The molecule has 0 radical (unpaired) electrons. The Morgan fingerprint density at radius 2 is 1.95 bits per heavy atom. The Balaban J connectivity index is 2.11. The Bertz CT molecular complexity index is 353. The van der Waals surface area contributed by atoms with Crippen LogP contribution in [0.3, 0.4) is 0 Å². The number of piperazine rings is 1. The minimum atomic E-state index is -0.900. The summed E-state index contributed by atoms with van der Waals surface area (Å²) in [5.74, 6) is -0.891. The van der Waals surface area contributed by atoms with Crippen molar-refractivity contribution in [2.75, 3.05) is 13.6 Å². The van der Waals surface area contributed by atoms with Crippen molar-refractivity contribution in [2.24, 2.45) is 0 Å². The number of amides is 1. The van der Waals surface area contributed by atoms with E-state index < -0.39 is 12.0 Å². The van der Waals surface area contributed by atoms with Crippen LogP contribution in [0, 0.1) is 0 Å². The van der Waals surface area contributed by atoms with Crippen molar-refractivity contribution in [1.82, 2.24) is 9.80 Å². The van der Waals surface area contributed by atoms with Crippen LogP contribution in [-0.2, 0) is 9.59 Å². The first-order chi connectivity index (χ1) is 9.00. The molecule has 1 saturated heterocycles. The molecule has 2 rings (SSSR count). The van der Waals surface area contributed by atoms with Gasteiger partial charge in [0.25, 0.3) is 0 Å². The lowest BCUT2D eigenvalue weighted by molar-refractivity contribution is -0.153. The van der Waals surface area contributed by atoms with E-state index in [0.29, 0.717) is 6.04 Å². The molecule has 2 fully saturated rings. The van der Waals surface area contributed by atoms with E-state index in [1.54, 1.807) is 0 Å². The van der Waals surface area contributed by atoms with Crippen molar-refractivity contribution in [2.45, 2.75) is 63.6 Å². The zero-order chi connectivity index (χ0) is 14.0. The van der Waals surface area contributed by atoms with Gasteiger partial charge in [0.15, 0.2) is 0 Å². The van der Waals surface area contributed by atoms with Gasteiger partial charge in [-0.15, -0.1) is 0 Å². The smallest absolute Gasteiger partial charge is 0.305 e. The van der Waals surface area contributed by atoms with E-state index in [1.165, 1.54) is 19.3 Å². The van der Waals surface area contributed by atoms with Crippen molar-refractivity contribution in [1.29, 1.82) is 0 Å². The lowest BCUT2D eigenvalue weighted by Crippen LogP contribution is -2.62. The molecule has 0 aromatic rings. The van der Waals surface area contributed by atoms with Crippen molar-refractivity contribution in [3.05, 3.63) is 0 Å².